The van der Waals surface area contributed by atoms with Crippen molar-refractivity contribution in [2.24, 2.45) is 0 Å². The second kappa shape index (κ2) is 6.26. The molecule has 18 heavy (non-hydrogen) atoms. The molecule has 2 heterocycles. The van der Waals surface area contributed by atoms with Crippen LogP contribution in [0.15, 0.2) is 0 Å². The Labute approximate surface area is 110 Å². The molecule has 1 aromatic heterocycles. The minimum absolute atomic E-state index is 0.220. The highest BCUT2D eigenvalue weighted by atomic mass is 32.1. The summed E-state index contributed by atoms with van der Waals surface area (Å²) in [6.45, 7) is 3.41. The van der Waals surface area contributed by atoms with Gasteiger partial charge in [-0.2, -0.15) is 0 Å². The predicted molar refractivity (Wildman–Crippen MR) is 69.2 cm³/mol. The fourth-order valence-electron chi connectivity index (χ4n) is 2.11. The summed E-state index contributed by atoms with van der Waals surface area (Å²) in [5, 5.41) is 10.0. The Hall–Kier alpha value is -0.980. The average Bonchev–Trinajstić information content (AvgIpc) is 2.96. The molecular weight excluding hydrogens is 252 g/mol. The van der Waals surface area contributed by atoms with Gasteiger partial charge >= 0.3 is 5.97 Å². The summed E-state index contributed by atoms with van der Waals surface area (Å²) in [5.74, 6) is -0.927. The van der Waals surface area contributed by atoms with Crippen LogP contribution in [0.5, 0.6) is 0 Å². The van der Waals surface area contributed by atoms with Gasteiger partial charge in [0.15, 0.2) is 5.69 Å². The zero-order valence-corrected chi connectivity index (χ0v) is 11.3. The fourth-order valence-corrected chi connectivity index (χ4v) is 3.20. The number of likely N-dealkylation sites (tertiary alicyclic amines) is 1. The van der Waals surface area contributed by atoms with E-state index in [9.17, 15) is 9.90 Å². The van der Waals surface area contributed by atoms with Gasteiger partial charge in [0.25, 0.3) is 0 Å². The number of nitrogens with zero attached hydrogens (tertiary/aromatic N) is 2. The van der Waals surface area contributed by atoms with Gasteiger partial charge in [-0.1, -0.05) is 0 Å². The van der Waals surface area contributed by atoms with Gasteiger partial charge in [-0.15, -0.1) is 11.3 Å². The first-order chi connectivity index (χ1) is 8.70. The Bertz CT molecular complexity index is 413. The fraction of sp³-hybridized carbons (Fsp3) is 0.667. The van der Waals surface area contributed by atoms with Crippen LogP contribution in [0.3, 0.4) is 0 Å². The number of carbonyl (C=O) groups is 1. The van der Waals surface area contributed by atoms with Crippen molar-refractivity contribution in [1.82, 2.24) is 9.88 Å². The molecule has 0 saturated carbocycles. The van der Waals surface area contributed by atoms with Crippen LogP contribution in [-0.4, -0.2) is 47.8 Å². The van der Waals surface area contributed by atoms with Crippen molar-refractivity contribution in [2.45, 2.75) is 25.8 Å². The first-order valence-electron chi connectivity index (χ1n) is 6.14. The number of carboxylic acids is 1. The molecule has 0 spiro atoms. The Morgan fingerprint density at radius 3 is 2.83 bits per heavy atom. The molecule has 0 bridgehead atoms. The molecule has 1 aliphatic heterocycles. The number of hydrogen-bond acceptors (Lipinski definition) is 5. The highest BCUT2D eigenvalue weighted by Gasteiger charge is 2.21. The Balaban J connectivity index is 2.10. The van der Waals surface area contributed by atoms with Crippen molar-refractivity contribution >= 4 is 17.3 Å². The van der Waals surface area contributed by atoms with E-state index in [0.29, 0.717) is 19.6 Å². The molecule has 0 atom stereocenters. The van der Waals surface area contributed by atoms with Crippen molar-refractivity contribution in [2.75, 3.05) is 26.8 Å². The smallest absolute Gasteiger partial charge is 0.355 e. The Morgan fingerprint density at radius 2 is 2.22 bits per heavy atom. The van der Waals surface area contributed by atoms with E-state index in [1.807, 2.05) is 0 Å². The first kappa shape index (κ1) is 13.5. The maximum absolute atomic E-state index is 11.2. The maximum atomic E-state index is 11.2. The molecule has 5 nitrogen and oxygen atoms in total. The van der Waals surface area contributed by atoms with Crippen LogP contribution in [-0.2, 0) is 17.7 Å². The lowest BCUT2D eigenvalue weighted by molar-refractivity contribution is 0.0689. The Kier molecular flexibility index (Phi) is 4.68. The number of ether oxygens (including phenoxy) is 1. The minimum Gasteiger partial charge on any atom is -0.476 e. The number of hydrogen-bond donors (Lipinski definition) is 1. The second-order valence-corrected chi connectivity index (χ2v) is 5.58. The lowest BCUT2D eigenvalue weighted by Gasteiger charge is -2.12. The van der Waals surface area contributed by atoms with Gasteiger partial charge < -0.3 is 9.84 Å². The molecule has 0 radical (unpaired) electrons. The van der Waals surface area contributed by atoms with Gasteiger partial charge in [0.2, 0.25) is 0 Å². The maximum Gasteiger partial charge on any atom is 0.355 e. The predicted octanol–water partition coefficient (Wildman–Crippen LogP) is 1.63. The molecule has 2 rings (SSSR count). The standard InChI is InChI=1S/C12H18N2O3S/c1-17-7-4-10-13-11(12(15)16)9(18-10)8-14-5-2-3-6-14/h2-8H2,1H3,(H,15,16). The summed E-state index contributed by atoms with van der Waals surface area (Å²) >= 11 is 1.50. The van der Waals surface area contributed by atoms with E-state index in [4.69, 9.17) is 4.74 Å². The van der Waals surface area contributed by atoms with E-state index in [0.717, 1.165) is 23.0 Å². The molecule has 1 saturated heterocycles. The average molecular weight is 270 g/mol. The SMILES string of the molecule is COCCc1nc(C(=O)O)c(CN2CCCC2)s1. The normalized spacial score (nSPS) is 16.3. The number of aromatic carboxylic acids is 1. The third-order valence-electron chi connectivity index (χ3n) is 3.03. The van der Waals surface area contributed by atoms with Crippen molar-refractivity contribution in [3.05, 3.63) is 15.6 Å². The number of thiazole rings is 1. The summed E-state index contributed by atoms with van der Waals surface area (Å²) in [7, 11) is 1.64. The summed E-state index contributed by atoms with van der Waals surface area (Å²) in [5.41, 5.74) is 0.220. The number of carboxylic acid groups (broad SMARTS) is 1. The zero-order chi connectivity index (χ0) is 13.0. The third kappa shape index (κ3) is 3.28. The molecule has 1 aliphatic rings. The van der Waals surface area contributed by atoms with E-state index in [1.54, 1.807) is 7.11 Å². The first-order valence-corrected chi connectivity index (χ1v) is 6.95. The van der Waals surface area contributed by atoms with Gasteiger partial charge in [0, 0.05) is 20.1 Å². The second-order valence-electron chi connectivity index (χ2n) is 4.41. The molecular formula is C12H18N2O3S. The van der Waals surface area contributed by atoms with Crippen LogP contribution in [0.1, 0.15) is 33.2 Å². The monoisotopic (exact) mass is 270 g/mol. The van der Waals surface area contributed by atoms with E-state index in [1.165, 1.54) is 24.2 Å². The largest absolute Gasteiger partial charge is 0.476 e. The van der Waals surface area contributed by atoms with Crippen LogP contribution in [0.25, 0.3) is 0 Å². The number of methoxy groups -OCH3 is 1. The van der Waals surface area contributed by atoms with Gasteiger partial charge in [-0.25, -0.2) is 9.78 Å². The Morgan fingerprint density at radius 1 is 1.50 bits per heavy atom. The van der Waals surface area contributed by atoms with Crippen LogP contribution >= 0.6 is 11.3 Å². The van der Waals surface area contributed by atoms with Gasteiger partial charge in [0.05, 0.1) is 16.5 Å². The summed E-state index contributed by atoms with van der Waals surface area (Å²) in [6, 6.07) is 0. The van der Waals surface area contributed by atoms with Crippen LogP contribution in [0, 0.1) is 0 Å². The van der Waals surface area contributed by atoms with E-state index in [-0.39, 0.29) is 5.69 Å². The van der Waals surface area contributed by atoms with Crippen molar-refractivity contribution in [3.8, 4) is 0 Å². The molecule has 0 amide bonds. The molecule has 0 aromatic carbocycles. The summed E-state index contributed by atoms with van der Waals surface area (Å²) in [4.78, 5) is 18.5. The molecule has 0 unspecified atom stereocenters. The number of rotatable bonds is 6. The minimum atomic E-state index is -0.927. The van der Waals surface area contributed by atoms with E-state index >= 15 is 0 Å². The summed E-state index contributed by atoms with van der Waals surface area (Å²) < 4.78 is 5.00. The molecule has 1 aromatic rings. The van der Waals surface area contributed by atoms with Gasteiger partial charge in [-0.05, 0) is 25.9 Å². The van der Waals surface area contributed by atoms with Gasteiger partial charge in [-0.3, -0.25) is 4.90 Å². The number of aromatic nitrogens is 1. The molecule has 0 aliphatic carbocycles. The molecule has 100 valence electrons. The highest BCUT2D eigenvalue weighted by Crippen LogP contribution is 2.23. The van der Waals surface area contributed by atoms with Crippen molar-refractivity contribution < 1.29 is 14.6 Å². The van der Waals surface area contributed by atoms with E-state index < -0.39 is 5.97 Å². The third-order valence-corrected chi connectivity index (χ3v) is 4.13. The van der Waals surface area contributed by atoms with E-state index in [2.05, 4.69) is 9.88 Å². The molecule has 1 N–H and O–H groups in total. The van der Waals surface area contributed by atoms with Crippen molar-refractivity contribution in [1.29, 1.82) is 0 Å². The quantitative estimate of drug-likeness (QED) is 0.851. The lowest BCUT2D eigenvalue weighted by atomic mass is 10.3. The van der Waals surface area contributed by atoms with Crippen molar-refractivity contribution in [3.63, 3.8) is 0 Å². The zero-order valence-electron chi connectivity index (χ0n) is 10.5. The van der Waals surface area contributed by atoms with Crippen LogP contribution in [0.2, 0.25) is 0 Å². The van der Waals surface area contributed by atoms with Gasteiger partial charge in [0.1, 0.15) is 0 Å². The molecule has 6 heteroatoms. The van der Waals surface area contributed by atoms with Crippen LogP contribution < -0.4 is 0 Å². The lowest BCUT2D eigenvalue weighted by Crippen LogP contribution is -2.19. The highest BCUT2D eigenvalue weighted by molar-refractivity contribution is 7.11. The summed E-state index contributed by atoms with van der Waals surface area (Å²) in [6.07, 6.45) is 3.09. The molecule has 1 fully saturated rings. The van der Waals surface area contributed by atoms with Crippen LogP contribution in [0.4, 0.5) is 0 Å². The topological polar surface area (TPSA) is 62.7 Å².